The molecule has 1 aliphatic heterocycles. The molecule has 0 saturated carbocycles. The van der Waals surface area contributed by atoms with E-state index < -0.39 is 11.6 Å². The third-order valence-corrected chi connectivity index (χ3v) is 3.43. The summed E-state index contributed by atoms with van der Waals surface area (Å²) in [6.45, 7) is 6.08. The van der Waals surface area contributed by atoms with E-state index in [2.05, 4.69) is 9.97 Å². The lowest BCUT2D eigenvalue weighted by Gasteiger charge is -2.32. The maximum absolute atomic E-state index is 11.1. The van der Waals surface area contributed by atoms with Gasteiger partial charge in [-0.15, -0.1) is 0 Å². The molecule has 1 atom stereocenters. The van der Waals surface area contributed by atoms with E-state index in [1.54, 1.807) is 13.8 Å². The number of carbonyl (C=O) groups is 1. The molecule has 98 valence electrons. The van der Waals surface area contributed by atoms with Crippen molar-refractivity contribution in [3.05, 3.63) is 22.8 Å². The Bertz CT molecular complexity index is 456. The van der Waals surface area contributed by atoms with E-state index in [1.165, 1.54) is 0 Å². The minimum absolute atomic E-state index is 0.193. The van der Waals surface area contributed by atoms with Crippen LogP contribution in [-0.2, 0) is 10.3 Å². The Morgan fingerprint density at radius 1 is 1.28 bits per heavy atom. The first-order valence-corrected chi connectivity index (χ1v) is 6.17. The van der Waals surface area contributed by atoms with Crippen LogP contribution in [-0.4, -0.2) is 27.7 Å². The minimum atomic E-state index is -0.980. The van der Waals surface area contributed by atoms with Gasteiger partial charge in [-0.3, -0.25) is 0 Å². The molecule has 1 aromatic heterocycles. The third kappa shape index (κ3) is 2.22. The van der Waals surface area contributed by atoms with Crippen molar-refractivity contribution in [3.8, 4) is 0 Å². The first-order chi connectivity index (χ1) is 8.44. The van der Waals surface area contributed by atoms with Crippen LogP contribution < -0.4 is 0 Å². The molecular formula is C13H18N2O3. The number of hydrogen-bond acceptors (Lipinski definition) is 4. The number of aromatic carboxylic acids is 1. The van der Waals surface area contributed by atoms with Gasteiger partial charge in [-0.1, -0.05) is 0 Å². The van der Waals surface area contributed by atoms with Crippen LogP contribution >= 0.6 is 0 Å². The van der Waals surface area contributed by atoms with Crippen molar-refractivity contribution >= 4 is 5.97 Å². The van der Waals surface area contributed by atoms with Crippen LogP contribution in [0.25, 0.3) is 0 Å². The summed E-state index contributed by atoms with van der Waals surface area (Å²) < 4.78 is 5.79. The number of rotatable bonds is 2. The molecule has 18 heavy (non-hydrogen) atoms. The maximum atomic E-state index is 11.1. The van der Waals surface area contributed by atoms with Gasteiger partial charge in [-0.25, -0.2) is 14.8 Å². The molecule has 0 radical (unpaired) electrons. The Kier molecular flexibility index (Phi) is 3.34. The van der Waals surface area contributed by atoms with Crippen molar-refractivity contribution in [1.29, 1.82) is 0 Å². The number of carboxylic acid groups (broad SMARTS) is 1. The van der Waals surface area contributed by atoms with Gasteiger partial charge >= 0.3 is 5.97 Å². The predicted octanol–water partition coefficient (Wildman–Crippen LogP) is 2.21. The molecule has 1 N–H and O–H groups in total. The average Bonchev–Trinajstić information content (AvgIpc) is 2.28. The SMILES string of the molecule is Cc1nc(C2(C)CCCCO2)nc(C)c1C(=O)O. The summed E-state index contributed by atoms with van der Waals surface area (Å²) in [5.74, 6) is -0.381. The third-order valence-electron chi connectivity index (χ3n) is 3.43. The molecule has 0 aliphatic carbocycles. The largest absolute Gasteiger partial charge is 0.478 e. The summed E-state index contributed by atoms with van der Waals surface area (Å²) in [6.07, 6.45) is 3.01. The highest BCUT2D eigenvalue weighted by Crippen LogP contribution is 2.33. The lowest BCUT2D eigenvalue weighted by atomic mass is 9.94. The van der Waals surface area contributed by atoms with Crippen LogP contribution in [0.1, 0.15) is 53.8 Å². The summed E-state index contributed by atoms with van der Waals surface area (Å²) in [4.78, 5) is 19.8. The van der Waals surface area contributed by atoms with Gasteiger partial charge < -0.3 is 9.84 Å². The van der Waals surface area contributed by atoms with Crippen LogP contribution in [0.2, 0.25) is 0 Å². The molecule has 0 amide bonds. The summed E-state index contributed by atoms with van der Waals surface area (Å²) in [6, 6.07) is 0. The normalized spacial score (nSPS) is 23.9. The molecule has 1 fully saturated rings. The van der Waals surface area contributed by atoms with Crippen molar-refractivity contribution in [1.82, 2.24) is 9.97 Å². The molecule has 2 rings (SSSR count). The van der Waals surface area contributed by atoms with Gasteiger partial charge in [0, 0.05) is 6.61 Å². The fraction of sp³-hybridized carbons (Fsp3) is 0.615. The predicted molar refractivity (Wildman–Crippen MR) is 65.6 cm³/mol. The van der Waals surface area contributed by atoms with Gasteiger partial charge in [0.2, 0.25) is 0 Å². The molecule has 0 spiro atoms. The van der Waals surface area contributed by atoms with Crippen LogP contribution in [0.5, 0.6) is 0 Å². The van der Waals surface area contributed by atoms with E-state index in [4.69, 9.17) is 9.84 Å². The Hall–Kier alpha value is -1.49. The average molecular weight is 250 g/mol. The zero-order chi connectivity index (χ0) is 13.3. The highest BCUT2D eigenvalue weighted by Gasteiger charge is 2.34. The van der Waals surface area contributed by atoms with Crippen molar-refractivity contribution in [2.45, 2.75) is 45.6 Å². The summed E-state index contributed by atoms with van der Waals surface area (Å²) in [5, 5.41) is 9.10. The van der Waals surface area contributed by atoms with Crippen molar-refractivity contribution in [2.24, 2.45) is 0 Å². The fourth-order valence-electron chi connectivity index (χ4n) is 2.37. The second-order valence-corrected chi connectivity index (χ2v) is 4.93. The number of nitrogens with zero attached hydrogens (tertiary/aromatic N) is 2. The molecule has 2 heterocycles. The van der Waals surface area contributed by atoms with Crippen LogP contribution in [0.3, 0.4) is 0 Å². The summed E-state index contributed by atoms with van der Waals surface area (Å²) in [7, 11) is 0. The van der Waals surface area contributed by atoms with E-state index in [-0.39, 0.29) is 5.56 Å². The van der Waals surface area contributed by atoms with E-state index in [0.717, 1.165) is 19.3 Å². The van der Waals surface area contributed by atoms with Gasteiger partial charge in [0.15, 0.2) is 5.82 Å². The van der Waals surface area contributed by atoms with Crippen LogP contribution in [0, 0.1) is 13.8 Å². The van der Waals surface area contributed by atoms with E-state index >= 15 is 0 Å². The lowest BCUT2D eigenvalue weighted by molar-refractivity contribution is -0.0762. The van der Waals surface area contributed by atoms with Gasteiger partial charge in [-0.2, -0.15) is 0 Å². The van der Waals surface area contributed by atoms with Crippen LogP contribution in [0.4, 0.5) is 0 Å². The molecule has 1 saturated heterocycles. The smallest absolute Gasteiger partial charge is 0.339 e. The second-order valence-electron chi connectivity index (χ2n) is 4.93. The Balaban J connectivity index is 2.44. The molecule has 1 aromatic rings. The van der Waals surface area contributed by atoms with E-state index in [1.807, 2.05) is 6.92 Å². The van der Waals surface area contributed by atoms with Gasteiger partial charge in [0.05, 0.1) is 11.4 Å². The van der Waals surface area contributed by atoms with Gasteiger partial charge in [-0.05, 0) is 40.0 Å². The topological polar surface area (TPSA) is 72.3 Å². The molecule has 0 bridgehead atoms. The highest BCUT2D eigenvalue weighted by molar-refractivity contribution is 5.89. The molecule has 1 aliphatic rings. The number of hydrogen-bond donors (Lipinski definition) is 1. The van der Waals surface area contributed by atoms with Crippen molar-refractivity contribution in [2.75, 3.05) is 6.61 Å². The standard InChI is InChI=1S/C13H18N2O3/c1-8-10(11(16)17)9(2)15-12(14-8)13(3)6-4-5-7-18-13/h4-7H2,1-3H3,(H,16,17). The van der Waals surface area contributed by atoms with E-state index in [9.17, 15) is 4.79 Å². The molecule has 5 nitrogen and oxygen atoms in total. The summed E-state index contributed by atoms with van der Waals surface area (Å²) >= 11 is 0. The maximum Gasteiger partial charge on any atom is 0.339 e. The summed E-state index contributed by atoms with van der Waals surface area (Å²) in [5.41, 5.74) is 0.712. The first-order valence-electron chi connectivity index (χ1n) is 6.17. The number of aryl methyl sites for hydroxylation is 2. The molecular weight excluding hydrogens is 232 g/mol. The molecule has 5 heteroatoms. The number of ether oxygens (including phenoxy) is 1. The molecule has 1 unspecified atom stereocenters. The van der Waals surface area contributed by atoms with Crippen molar-refractivity contribution in [3.63, 3.8) is 0 Å². The van der Waals surface area contributed by atoms with E-state index in [0.29, 0.717) is 23.8 Å². The van der Waals surface area contributed by atoms with Gasteiger partial charge in [0.25, 0.3) is 0 Å². The Labute approximate surface area is 106 Å². The second kappa shape index (κ2) is 4.65. The zero-order valence-electron chi connectivity index (χ0n) is 11.0. The molecule has 0 aromatic carbocycles. The Morgan fingerprint density at radius 3 is 2.33 bits per heavy atom. The number of carboxylic acids is 1. The lowest BCUT2D eigenvalue weighted by Crippen LogP contribution is -2.33. The minimum Gasteiger partial charge on any atom is -0.478 e. The first kappa shape index (κ1) is 13.0. The van der Waals surface area contributed by atoms with Crippen molar-refractivity contribution < 1.29 is 14.6 Å². The Morgan fingerprint density at radius 2 is 1.89 bits per heavy atom. The quantitative estimate of drug-likeness (QED) is 0.871. The van der Waals surface area contributed by atoms with Gasteiger partial charge in [0.1, 0.15) is 11.2 Å². The fourth-order valence-corrected chi connectivity index (χ4v) is 2.37. The monoisotopic (exact) mass is 250 g/mol. The zero-order valence-corrected chi connectivity index (χ0v) is 11.0. The number of aromatic nitrogens is 2. The van der Waals surface area contributed by atoms with Crippen LogP contribution in [0.15, 0.2) is 0 Å². The highest BCUT2D eigenvalue weighted by atomic mass is 16.5.